The van der Waals surface area contributed by atoms with E-state index in [1.807, 2.05) is 0 Å². The zero-order valence-electron chi connectivity index (χ0n) is 11.8. The average Bonchev–Trinajstić information content (AvgIpc) is 2.45. The molecule has 1 rings (SSSR count). The summed E-state index contributed by atoms with van der Waals surface area (Å²) in [5.74, 6) is -0.130. The molecule has 0 saturated carbocycles. The number of ether oxygens (including phenoxy) is 2. The van der Waals surface area contributed by atoms with Crippen molar-refractivity contribution in [2.75, 3.05) is 20.7 Å². The molecule has 0 aliphatic rings. The molecule has 0 bridgehead atoms. The van der Waals surface area contributed by atoms with Gasteiger partial charge in [-0.1, -0.05) is 23.7 Å². The number of carbonyl (C=O) groups is 2. The van der Waals surface area contributed by atoms with E-state index in [-0.39, 0.29) is 24.8 Å². The second-order valence-corrected chi connectivity index (χ2v) is 4.68. The number of likely N-dealkylation sites (N-methyl/N-ethyl adjacent to an activating group) is 1. The summed E-state index contributed by atoms with van der Waals surface area (Å²) in [6.07, 6.45) is -0.532. The van der Waals surface area contributed by atoms with Crippen molar-refractivity contribution in [2.24, 2.45) is 0 Å². The first-order valence-corrected chi connectivity index (χ1v) is 6.56. The highest BCUT2D eigenvalue weighted by Crippen LogP contribution is 2.24. The van der Waals surface area contributed by atoms with Crippen LogP contribution >= 0.6 is 11.6 Å². The molecule has 1 aromatic rings. The van der Waals surface area contributed by atoms with Gasteiger partial charge in [-0.05, 0) is 19.1 Å². The van der Waals surface area contributed by atoms with Crippen molar-refractivity contribution >= 4 is 23.5 Å². The minimum absolute atomic E-state index is 0.150. The number of benzene rings is 1. The first kappa shape index (κ1) is 16.3. The third-order valence-electron chi connectivity index (χ3n) is 2.74. The Morgan fingerprint density at radius 1 is 1.35 bits per heavy atom. The van der Waals surface area contributed by atoms with Gasteiger partial charge in [0, 0.05) is 13.6 Å². The van der Waals surface area contributed by atoms with Crippen molar-refractivity contribution in [2.45, 2.75) is 19.4 Å². The van der Waals surface area contributed by atoms with Crippen LogP contribution in [0.4, 0.5) is 0 Å². The van der Waals surface area contributed by atoms with Crippen LogP contribution in [0.2, 0.25) is 5.02 Å². The van der Waals surface area contributed by atoms with E-state index < -0.39 is 6.10 Å². The Labute approximate surface area is 123 Å². The summed E-state index contributed by atoms with van der Waals surface area (Å²) in [6.45, 7) is 1.92. The van der Waals surface area contributed by atoms with Gasteiger partial charge in [-0.3, -0.25) is 9.59 Å². The highest BCUT2D eigenvalue weighted by molar-refractivity contribution is 6.32. The SMILES string of the molecule is COC(=O)CCN(C)C(=O)C(C)Oc1ccccc1Cl. The van der Waals surface area contributed by atoms with Gasteiger partial charge in [-0.25, -0.2) is 0 Å². The molecule has 0 saturated heterocycles. The summed E-state index contributed by atoms with van der Waals surface area (Å²) >= 11 is 5.96. The highest BCUT2D eigenvalue weighted by Gasteiger charge is 2.20. The molecule has 0 fully saturated rings. The molecule has 1 aromatic carbocycles. The summed E-state index contributed by atoms with van der Waals surface area (Å²) in [5, 5.41) is 0.448. The number of hydrogen-bond donors (Lipinski definition) is 0. The minimum Gasteiger partial charge on any atom is -0.479 e. The van der Waals surface area contributed by atoms with E-state index in [4.69, 9.17) is 16.3 Å². The van der Waals surface area contributed by atoms with Gasteiger partial charge in [0.05, 0.1) is 18.6 Å². The van der Waals surface area contributed by atoms with E-state index in [0.717, 1.165) is 0 Å². The monoisotopic (exact) mass is 299 g/mol. The number of amides is 1. The molecular formula is C14H18ClNO4. The molecule has 0 aromatic heterocycles. The van der Waals surface area contributed by atoms with E-state index in [2.05, 4.69) is 4.74 Å². The largest absolute Gasteiger partial charge is 0.479 e. The molecule has 0 aliphatic carbocycles. The lowest BCUT2D eigenvalue weighted by atomic mass is 10.3. The van der Waals surface area contributed by atoms with Gasteiger partial charge in [-0.15, -0.1) is 0 Å². The van der Waals surface area contributed by atoms with E-state index >= 15 is 0 Å². The number of halogens is 1. The van der Waals surface area contributed by atoms with Crippen molar-refractivity contribution in [1.82, 2.24) is 4.90 Å². The number of nitrogens with zero attached hydrogens (tertiary/aromatic N) is 1. The van der Waals surface area contributed by atoms with E-state index in [9.17, 15) is 9.59 Å². The normalized spacial score (nSPS) is 11.6. The molecule has 1 amide bonds. The molecule has 6 heteroatoms. The molecule has 0 radical (unpaired) electrons. The van der Waals surface area contributed by atoms with Crippen molar-refractivity contribution in [1.29, 1.82) is 0 Å². The third-order valence-corrected chi connectivity index (χ3v) is 3.06. The van der Waals surface area contributed by atoms with Crippen LogP contribution in [0.1, 0.15) is 13.3 Å². The number of methoxy groups -OCH3 is 1. The van der Waals surface area contributed by atoms with Gasteiger partial charge in [0.1, 0.15) is 5.75 Å². The Morgan fingerprint density at radius 2 is 2.00 bits per heavy atom. The zero-order valence-corrected chi connectivity index (χ0v) is 12.5. The topological polar surface area (TPSA) is 55.8 Å². The molecule has 1 atom stereocenters. The van der Waals surface area contributed by atoms with E-state index in [1.54, 1.807) is 38.2 Å². The van der Waals surface area contributed by atoms with Crippen LogP contribution in [0.15, 0.2) is 24.3 Å². The lowest BCUT2D eigenvalue weighted by Crippen LogP contribution is -2.39. The third kappa shape index (κ3) is 4.74. The van der Waals surface area contributed by atoms with Crippen LogP contribution < -0.4 is 4.74 Å². The summed E-state index contributed by atoms with van der Waals surface area (Å²) in [5.41, 5.74) is 0. The molecular weight excluding hydrogens is 282 g/mol. The molecule has 1 unspecified atom stereocenters. The lowest BCUT2D eigenvalue weighted by Gasteiger charge is -2.22. The van der Waals surface area contributed by atoms with Crippen molar-refractivity contribution in [3.8, 4) is 5.75 Å². The van der Waals surface area contributed by atoms with E-state index in [0.29, 0.717) is 10.8 Å². The fourth-order valence-electron chi connectivity index (χ4n) is 1.56. The Hall–Kier alpha value is -1.75. The average molecular weight is 300 g/mol. The zero-order chi connectivity index (χ0) is 15.1. The van der Waals surface area contributed by atoms with Gasteiger partial charge in [0.25, 0.3) is 5.91 Å². The quantitative estimate of drug-likeness (QED) is 0.755. The van der Waals surface area contributed by atoms with Crippen LogP contribution in [0.5, 0.6) is 5.75 Å². The fraction of sp³-hybridized carbons (Fsp3) is 0.429. The standard InChI is InChI=1S/C14H18ClNO4/c1-10(20-12-7-5-4-6-11(12)15)14(18)16(2)9-8-13(17)19-3/h4-7,10H,8-9H2,1-3H3. The van der Waals surface area contributed by atoms with E-state index in [1.165, 1.54) is 12.0 Å². The van der Waals surface area contributed by atoms with Gasteiger partial charge >= 0.3 is 5.97 Å². The number of para-hydroxylation sites is 1. The van der Waals surface area contributed by atoms with Crippen LogP contribution in [-0.4, -0.2) is 43.6 Å². The number of hydrogen-bond acceptors (Lipinski definition) is 4. The molecule has 0 N–H and O–H groups in total. The second kappa shape index (κ2) is 7.75. The Bertz CT molecular complexity index is 478. The van der Waals surface area contributed by atoms with Crippen LogP contribution in [0, 0.1) is 0 Å². The second-order valence-electron chi connectivity index (χ2n) is 4.28. The van der Waals surface area contributed by atoms with Crippen molar-refractivity contribution in [3.63, 3.8) is 0 Å². The summed E-state index contributed by atoms with van der Waals surface area (Å²) in [6, 6.07) is 6.94. The molecule has 0 spiro atoms. The lowest BCUT2D eigenvalue weighted by molar-refractivity contribution is -0.142. The summed E-state index contributed by atoms with van der Waals surface area (Å²) in [7, 11) is 2.92. The maximum atomic E-state index is 12.1. The highest BCUT2D eigenvalue weighted by atomic mass is 35.5. The molecule has 0 heterocycles. The smallest absolute Gasteiger partial charge is 0.307 e. The Morgan fingerprint density at radius 3 is 2.60 bits per heavy atom. The van der Waals surface area contributed by atoms with Gasteiger partial charge < -0.3 is 14.4 Å². The number of carbonyl (C=O) groups excluding carboxylic acids is 2. The van der Waals surface area contributed by atoms with Gasteiger partial charge in [0.15, 0.2) is 6.10 Å². The predicted octanol–water partition coefficient (Wildman–Crippen LogP) is 2.13. The predicted molar refractivity (Wildman–Crippen MR) is 75.8 cm³/mol. The van der Waals surface area contributed by atoms with Gasteiger partial charge in [0.2, 0.25) is 0 Å². The van der Waals surface area contributed by atoms with Crippen molar-refractivity contribution < 1.29 is 19.1 Å². The molecule has 20 heavy (non-hydrogen) atoms. The maximum Gasteiger partial charge on any atom is 0.307 e. The molecule has 110 valence electrons. The minimum atomic E-state index is -0.683. The van der Waals surface area contributed by atoms with Crippen LogP contribution in [0.3, 0.4) is 0 Å². The summed E-state index contributed by atoms with van der Waals surface area (Å²) in [4.78, 5) is 24.5. The molecule has 5 nitrogen and oxygen atoms in total. The van der Waals surface area contributed by atoms with Crippen molar-refractivity contribution in [3.05, 3.63) is 29.3 Å². The molecule has 0 aliphatic heterocycles. The fourth-order valence-corrected chi connectivity index (χ4v) is 1.74. The maximum absolute atomic E-state index is 12.1. The summed E-state index contributed by atoms with van der Waals surface area (Å²) < 4.78 is 10.0. The Kier molecular flexibility index (Phi) is 6.31. The number of rotatable bonds is 6. The first-order valence-electron chi connectivity index (χ1n) is 6.18. The Balaban J connectivity index is 2.54. The van der Waals surface area contributed by atoms with Crippen LogP contribution in [0.25, 0.3) is 0 Å². The van der Waals surface area contributed by atoms with Crippen LogP contribution in [-0.2, 0) is 14.3 Å². The number of esters is 1. The first-order chi connectivity index (χ1) is 9.45. The van der Waals surface area contributed by atoms with Gasteiger partial charge in [-0.2, -0.15) is 0 Å².